The van der Waals surface area contributed by atoms with E-state index in [4.69, 9.17) is 14.8 Å². The molecule has 0 aliphatic heterocycles. The molecule has 4 unspecified atom stereocenters. The van der Waals surface area contributed by atoms with E-state index in [1.807, 2.05) is 6.08 Å². The summed E-state index contributed by atoms with van der Waals surface area (Å²) in [5.41, 5.74) is 5.35. The average Bonchev–Trinajstić information content (AvgIpc) is 3.13. The molecule has 0 spiro atoms. The second-order valence-corrected chi connectivity index (χ2v) is 16.5. The Morgan fingerprint density at radius 2 is 1.06 bits per heavy atom. The Morgan fingerprint density at radius 3 is 1.51 bits per heavy atom. The minimum atomic E-state index is -4.39. The second-order valence-electron chi connectivity index (χ2n) is 15.1. The molecular formula is C43H85N2O7P. The molecule has 10 heteroatoms. The molecule has 0 aromatic rings. The van der Waals surface area contributed by atoms with Crippen LogP contribution in [0.5, 0.6) is 0 Å². The van der Waals surface area contributed by atoms with Crippen molar-refractivity contribution in [3.8, 4) is 0 Å². The van der Waals surface area contributed by atoms with Crippen LogP contribution in [-0.4, -0.2) is 59.0 Å². The van der Waals surface area contributed by atoms with Gasteiger partial charge in [-0.3, -0.25) is 13.8 Å². The maximum Gasteiger partial charge on any atom is 0.472 e. The van der Waals surface area contributed by atoms with Gasteiger partial charge in [-0.05, 0) is 44.9 Å². The lowest BCUT2D eigenvalue weighted by Gasteiger charge is -2.24. The summed E-state index contributed by atoms with van der Waals surface area (Å²) >= 11 is 0. The molecule has 53 heavy (non-hydrogen) atoms. The zero-order valence-corrected chi connectivity index (χ0v) is 35.3. The van der Waals surface area contributed by atoms with E-state index in [2.05, 4.69) is 31.3 Å². The fourth-order valence-electron chi connectivity index (χ4n) is 6.46. The largest absolute Gasteiger partial charge is 0.472 e. The molecule has 1 amide bonds. The van der Waals surface area contributed by atoms with Gasteiger partial charge in [0.15, 0.2) is 0 Å². The third kappa shape index (κ3) is 37.6. The first kappa shape index (κ1) is 51.9. The zero-order chi connectivity index (χ0) is 39.1. The standard InChI is InChI=1S/C43H85N2O7P/c1-3-5-7-9-11-13-15-16-17-18-19-20-21-22-23-25-26-28-30-32-34-40(46)38-43(48)45-41(39-52-53(49,50)51-37-36-44)42(47)35-33-31-29-27-24-14-12-10-8-6-4-2/h21-22,33,35,40-42,46-47H,3-20,23-32,34,36-39,44H2,1-2H3,(H,45,48)(H,49,50)/b22-21-,35-33+. The maximum atomic E-state index is 12.8. The Labute approximate surface area is 326 Å². The van der Waals surface area contributed by atoms with Gasteiger partial charge in [-0.1, -0.05) is 179 Å². The number of aliphatic hydroxyl groups excluding tert-OH is 2. The Morgan fingerprint density at radius 1 is 0.642 bits per heavy atom. The number of rotatable bonds is 41. The lowest BCUT2D eigenvalue weighted by molar-refractivity contribution is -0.124. The number of nitrogens with one attached hydrogen (secondary N) is 1. The monoisotopic (exact) mass is 773 g/mol. The number of unbranched alkanes of at least 4 members (excludes halogenated alkanes) is 25. The van der Waals surface area contributed by atoms with Crippen molar-refractivity contribution in [1.29, 1.82) is 0 Å². The van der Waals surface area contributed by atoms with Crippen LogP contribution < -0.4 is 11.1 Å². The fraction of sp³-hybridized carbons (Fsp3) is 0.884. The van der Waals surface area contributed by atoms with Crippen molar-refractivity contribution in [3.05, 3.63) is 24.3 Å². The number of aliphatic hydroxyl groups is 2. The Kier molecular flexibility index (Phi) is 38.4. The van der Waals surface area contributed by atoms with Crippen molar-refractivity contribution in [3.63, 3.8) is 0 Å². The number of hydrogen-bond acceptors (Lipinski definition) is 7. The smallest absolute Gasteiger partial charge is 0.393 e. The highest BCUT2D eigenvalue weighted by Crippen LogP contribution is 2.43. The van der Waals surface area contributed by atoms with Gasteiger partial charge in [-0.15, -0.1) is 0 Å². The van der Waals surface area contributed by atoms with E-state index in [0.717, 1.165) is 51.4 Å². The van der Waals surface area contributed by atoms with Crippen LogP contribution in [0.2, 0.25) is 0 Å². The number of amides is 1. The average molecular weight is 773 g/mol. The van der Waals surface area contributed by atoms with E-state index in [0.29, 0.717) is 6.42 Å². The highest BCUT2D eigenvalue weighted by Gasteiger charge is 2.27. The normalized spacial score (nSPS) is 14.9. The summed E-state index contributed by atoms with van der Waals surface area (Å²) in [7, 11) is -4.39. The number of hydrogen-bond donors (Lipinski definition) is 5. The van der Waals surface area contributed by atoms with Crippen LogP contribution in [0.3, 0.4) is 0 Å². The molecule has 4 atom stereocenters. The van der Waals surface area contributed by atoms with E-state index < -0.39 is 38.6 Å². The molecule has 9 nitrogen and oxygen atoms in total. The molecule has 0 aromatic heterocycles. The summed E-state index contributed by atoms with van der Waals surface area (Å²) in [4.78, 5) is 22.7. The van der Waals surface area contributed by atoms with Gasteiger partial charge in [0.05, 0.1) is 37.9 Å². The molecule has 0 fully saturated rings. The van der Waals surface area contributed by atoms with Crippen LogP contribution in [0.1, 0.15) is 206 Å². The summed E-state index contributed by atoms with van der Waals surface area (Å²) in [5, 5.41) is 24.0. The number of allylic oxidation sites excluding steroid dienone is 3. The van der Waals surface area contributed by atoms with E-state index in [-0.39, 0.29) is 19.6 Å². The number of carbonyl (C=O) groups excluding carboxylic acids is 1. The van der Waals surface area contributed by atoms with Gasteiger partial charge >= 0.3 is 7.82 Å². The maximum absolute atomic E-state index is 12.8. The summed E-state index contributed by atoms with van der Waals surface area (Å²) < 4.78 is 22.0. The van der Waals surface area contributed by atoms with Gasteiger partial charge < -0.3 is 26.2 Å². The highest BCUT2D eigenvalue weighted by molar-refractivity contribution is 7.47. The van der Waals surface area contributed by atoms with Crippen molar-refractivity contribution in [1.82, 2.24) is 5.32 Å². The van der Waals surface area contributed by atoms with E-state index in [1.165, 1.54) is 128 Å². The van der Waals surface area contributed by atoms with Crippen LogP contribution in [0.4, 0.5) is 0 Å². The Hall–Kier alpha value is -1.06. The fourth-order valence-corrected chi connectivity index (χ4v) is 7.22. The van der Waals surface area contributed by atoms with Gasteiger partial charge in [0.25, 0.3) is 0 Å². The van der Waals surface area contributed by atoms with E-state index >= 15 is 0 Å². The van der Waals surface area contributed by atoms with Crippen molar-refractivity contribution in [2.45, 2.75) is 225 Å². The Bertz CT molecular complexity index is 904. The van der Waals surface area contributed by atoms with Gasteiger partial charge in [0.1, 0.15) is 0 Å². The predicted molar refractivity (Wildman–Crippen MR) is 223 cm³/mol. The molecule has 0 aliphatic carbocycles. The molecular weight excluding hydrogens is 687 g/mol. The molecule has 314 valence electrons. The number of carbonyl (C=O) groups is 1. The van der Waals surface area contributed by atoms with Crippen LogP contribution in [0, 0.1) is 0 Å². The van der Waals surface area contributed by atoms with Gasteiger partial charge in [0, 0.05) is 6.54 Å². The van der Waals surface area contributed by atoms with Crippen molar-refractivity contribution >= 4 is 13.7 Å². The first-order valence-electron chi connectivity index (χ1n) is 22.0. The first-order valence-corrected chi connectivity index (χ1v) is 23.5. The lowest BCUT2D eigenvalue weighted by Crippen LogP contribution is -2.46. The third-order valence-electron chi connectivity index (χ3n) is 9.83. The van der Waals surface area contributed by atoms with E-state index in [9.17, 15) is 24.5 Å². The topological polar surface area (TPSA) is 151 Å². The highest BCUT2D eigenvalue weighted by atomic mass is 31.2. The summed E-state index contributed by atoms with van der Waals surface area (Å²) in [5.74, 6) is -0.451. The van der Waals surface area contributed by atoms with Gasteiger partial charge in [-0.25, -0.2) is 4.57 Å². The molecule has 0 aliphatic rings. The summed E-state index contributed by atoms with van der Waals surface area (Å²) in [6.07, 6.45) is 41.3. The quantitative estimate of drug-likeness (QED) is 0.0234. The third-order valence-corrected chi connectivity index (χ3v) is 10.8. The number of phosphoric acid groups is 1. The van der Waals surface area contributed by atoms with Crippen LogP contribution in [0.25, 0.3) is 0 Å². The van der Waals surface area contributed by atoms with Crippen LogP contribution in [-0.2, 0) is 18.4 Å². The molecule has 0 aromatic carbocycles. The number of phosphoric ester groups is 1. The second kappa shape index (κ2) is 39.2. The minimum absolute atomic E-state index is 0.0487. The molecule has 0 rings (SSSR count). The lowest BCUT2D eigenvalue weighted by atomic mass is 10.0. The molecule has 0 radical (unpaired) electrons. The summed E-state index contributed by atoms with van der Waals surface area (Å²) in [6.45, 7) is 3.96. The van der Waals surface area contributed by atoms with Crippen molar-refractivity contribution in [2.24, 2.45) is 5.73 Å². The molecule has 0 bridgehead atoms. The van der Waals surface area contributed by atoms with Gasteiger partial charge in [0.2, 0.25) is 5.91 Å². The summed E-state index contributed by atoms with van der Waals surface area (Å²) in [6, 6.07) is -0.982. The SMILES string of the molecule is CCCCCCCCCCC/C=C/C(O)C(COP(=O)(O)OCCN)NC(=O)CC(O)CCCCCCC/C=C\CCCCCCCCCCCCC. The minimum Gasteiger partial charge on any atom is -0.393 e. The molecule has 0 saturated heterocycles. The zero-order valence-electron chi connectivity index (χ0n) is 34.4. The van der Waals surface area contributed by atoms with Crippen molar-refractivity contribution < 1.29 is 33.5 Å². The first-order chi connectivity index (χ1) is 25.8. The van der Waals surface area contributed by atoms with Crippen LogP contribution in [0.15, 0.2) is 24.3 Å². The van der Waals surface area contributed by atoms with Crippen molar-refractivity contribution in [2.75, 3.05) is 19.8 Å². The molecule has 0 saturated carbocycles. The number of nitrogens with two attached hydrogens (primary N) is 1. The predicted octanol–water partition coefficient (Wildman–Crippen LogP) is 11.1. The van der Waals surface area contributed by atoms with E-state index in [1.54, 1.807) is 6.08 Å². The molecule has 0 heterocycles. The van der Waals surface area contributed by atoms with Gasteiger partial charge in [-0.2, -0.15) is 0 Å². The van der Waals surface area contributed by atoms with Crippen LogP contribution >= 0.6 is 7.82 Å². The Balaban J connectivity index is 4.23. The molecule has 6 N–H and O–H groups in total.